The van der Waals surface area contributed by atoms with Crippen molar-refractivity contribution in [3.05, 3.63) is 441 Å². The molecule has 0 saturated heterocycles. The predicted molar refractivity (Wildman–Crippen MR) is 594 cm³/mol. The molecule has 0 bridgehead atoms. The molecule has 18 rings (SSSR count). The van der Waals surface area contributed by atoms with E-state index in [0.29, 0.717) is 30.7 Å². The molecule has 2 aliphatic carbocycles. The Morgan fingerprint density at radius 2 is 0.561 bits per heavy atom. The Kier molecular flexibility index (Phi) is 45.6. The number of carbonyl (C=O) groups excluding carboxylic acids is 2. The third-order valence-corrected chi connectivity index (χ3v) is 48.7. The van der Waals surface area contributed by atoms with Crippen LogP contribution < -0.4 is 78.0 Å². The number of hydrogen-bond donors (Lipinski definition) is 2. The Labute approximate surface area is 854 Å². The fourth-order valence-corrected chi connectivity index (χ4v) is 41.5. The zero-order chi connectivity index (χ0) is 96.8. The second-order valence-electron chi connectivity index (χ2n) is 34.6. The van der Waals surface area contributed by atoms with Crippen LogP contribution in [0.15, 0.2) is 413 Å². The van der Waals surface area contributed by atoms with Crippen LogP contribution in [-0.2, 0) is 65.2 Å². The van der Waals surface area contributed by atoms with Gasteiger partial charge in [0.1, 0.15) is 28.4 Å². The Bertz CT molecular complexity index is 5320. The molecule has 2 aliphatic rings. The normalized spacial score (nSPS) is 11.6. The first-order valence-electron chi connectivity index (χ1n) is 48.5. The van der Waals surface area contributed by atoms with Gasteiger partial charge in [-0.25, -0.2) is 29.5 Å². The first-order chi connectivity index (χ1) is 67.5. The first-order valence-corrected chi connectivity index (χ1v) is 61.8. The van der Waals surface area contributed by atoms with Gasteiger partial charge in [0.15, 0.2) is 5.82 Å². The number of unbranched alkanes of at least 4 members (excludes halogenated alkanes) is 3. The maximum Gasteiger partial charge on any atom is 0.331 e. The van der Waals surface area contributed by atoms with Crippen LogP contribution in [-0.4, -0.2) is 84.5 Å². The Morgan fingerprint density at radius 3 is 0.799 bits per heavy atom. The number of nitrogens with zero attached hydrogens (tertiary/aromatic N) is 6. The second kappa shape index (κ2) is 58.4. The third kappa shape index (κ3) is 32.8. The fourth-order valence-electron chi connectivity index (χ4n) is 16.7. The molecular weight excluding hydrogens is 2000 g/mol. The van der Waals surface area contributed by atoms with Crippen LogP contribution in [0.2, 0.25) is 18.6 Å². The summed E-state index contributed by atoms with van der Waals surface area (Å²) >= 11 is 3.71. The zero-order valence-corrected chi connectivity index (χ0v) is 90.3. The van der Waals surface area contributed by atoms with Gasteiger partial charge in [-0.15, -0.1) is 0 Å². The Morgan fingerprint density at radius 1 is 0.317 bits per heavy atom. The number of fused-ring (bicyclic) bond motifs is 2. The number of benzene rings is 12. The molecule has 12 nitrogen and oxygen atoms in total. The zero-order valence-electron chi connectivity index (χ0n) is 81.6. The van der Waals surface area contributed by atoms with Crippen molar-refractivity contribution in [2.45, 2.75) is 164 Å². The summed E-state index contributed by atoms with van der Waals surface area (Å²) in [6.07, 6.45) is 17.7. The average Bonchev–Trinajstić information content (AvgIpc) is 1.69. The molecule has 4 heterocycles. The van der Waals surface area contributed by atoms with Crippen molar-refractivity contribution in [3.8, 4) is 11.5 Å². The van der Waals surface area contributed by atoms with Gasteiger partial charge in [0, 0.05) is 43.4 Å². The number of anilines is 2. The van der Waals surface area contributed by atoms with Crippen LogP contribution in [0.1, 0.15) is 136 Å². The van der Waals surface area contributed by atoms with Crippen molar-refractivity contribution >= 4 is 153 Å². The topological polar surface area (TPSA) is 154 Å². The van der Waals surface area contributed by atoms with E-state index in [1.807, 2.05) is 24.4 Å². The summed E-state index contributed by atoms with van der Waals surface area (Å²) in [5.74, 6) is 1.33. The monoisotopic (exact) mass is 2130 g/mol. The van der Waals surface area contributed by atoms with Crippen molar-refractivity contribution in [2.24, 2.45) is 0 Å². The summed E-state index contributed by atoms with van der Waals surface area (Å²) in [5, 5.41) is 23.4. The SMILES string of the molecule is CCC[CH2][Sn]([CH2]CCC)([CH2]CCC)[c]1ccccn1.CCOC(=O)C(C)(C)Nc1nc(-c2ccccn2)nc2c1CCC2.CCOC(=O)C(C)(C)Nc1nc(Cl)nc2c1CCC2.[Pd].c1ccc(P(c2ccccc2)c2ccccc2)cc1.c1ccc(P(c2ccccc2)c2ccccc2)cc1.c1ccc(P(c2ccccc2)c2ccccc2)cc1.c1ccc(P(c2ccccc2)c2ccccc2)cc1. The number of ether oxygens (including phenoxy) is 2. The van der Waals surface area contributed by atoms with E-state index in [2.05, 4.69) is 439 Å². The minimum atomic E-state index is -2.21. The molecule has 0 atom stereocenters. The Hall–Kier alpha value is -10.9. The van der Waals surface area contributed by atoms with Crippen LogP contribution in [0.5, 0.6) is 0 Å². The maximum absolute atomic E-state index is 12.2. The van der Waals surface area contributed by atoms with Crippen molar-refractivity contribution in [1.29, 1.82) is 0 Å². The van der Waals surface area contributed by atoms with E-state index in [-0.39, 0.29) is 37.6 Å². The molecule has 0 spiro atoms. The van der Waals surface area contributed by atoms with E-state index in [0.717, 1.165) is 66.7 Å². The number of esters is 2. The number of aromatic nitrogens is 6. The standard InChI is InChI=1S/C18H22N4O2.4C18H15P.C13H18ClN3O2.C5H4N.3C4H9.Pd.Sn/c1-4-24-17(23)18(2,3)22-15-12-8-7-10-13(12)20-16(21-15)14-9-5-6-11-19-14;4*1-4-10-16(11-5-1)19(17-12-6-2-7-13-17)18-14-8-3-9-15-18;1-4-19-11(18)13(2,3)17-10-8-6-5-7-9(8)15-12(14)16-10;1-2-4-6-5-3-1;3*1-3-4-2;;/h5-6,9,11H,4,7-8,10H2,1-3H3,(H,20,21,22);4*1-15H;4-7H2,1-3H3,(H,15,16,17);1-4H;3*1,3-4H2,2H3;;. The van der Waals surface area contributed by atoms with Gasteiger partial charge < -0.3 is 20.1 Å². The average molecular weight is 2130 g/mol. The molecule has 16 aromatic rings. The molecule has 139 heavy (non-hydrogen) atoms. The van der Waals surface area contributed by atoms with Crippen LogP contribution in [0.25, 0.3) is 11.5 Å². The van der Waals surface area contributed by atoms with Crippen LogP contribution in [0.4, 0.5) is 11.6 Å². The molecule has 0 radical (unpaired) electrons. The van der Waals surface area contributed by atoms with E-state index in [9.17, 15) is 9.59 Å². The van der Waals surface area contributed by atoms with Gasteiger partial charge in [0.25, 0.3) is 0 Å². The van der Waals surface area contributed by atoms with Crippen molar-refractivity contribution in [2.75, 3.05) is 23.8 Å². The fraction of sp³-hybridized carbons (Fsp3) is 0.233. The molecule has 0 saturated carbocycles. The predicted octanol–water partition coefficient (Wildman–Crippen LogP) is 24.1. The summed E-state index contributed by atoms with van der Waals surface area (Å²) < 4.78 is 16.3. The number of aryl methyl sites for hydroxylation is 2. The van der Waals surface area contributed by atoms with Crippen LogP contribution >= 0.6 is 43.3 Å². The molecule has 19 heteroatoms. The van der Waals surface area contributed by atoms with Gasteiger partial charge in [-0.3, -0.25) is 4.98 Å². The molecule has 0 unspecified atom stereocenters. The number of pyridine rings is 2. The Balaban J connectivity index is 0.000000155. The number of halogens is 1. The summed E-state index contributed by atoms with van der Waals surface area (Å²) in [6.45, 7) is 18.4. The van der Waals surface area contributed by atoms with Crippen molar-refractivity contribution in [1.82, 2.24) is 29.9 Å². The molecule has 0 aliphatic heterocycles. The summed E-state index contributed by atoms with van der Waals surface area (Å²) in [5.41, 5.74) is 3.18. The quantitative estimate of drug-likeness (QED) is 0.0184. The smallest absolute Gasteiger partial charge is 0.331 e. The van der Waals surface area contributed by atoms with Gasteiger partial charge in [-0.1, -0.05) is 370 Å². The number of nitrogens with one attached hydrogen (secondary N) is 2. The molecule has 0 fully saturated rings. The summed E-state index contributed by atoms with van der Waals surface area (Å²) in [7, 11) is -1.78. The van der Waals surface area contributed by atoms with E-state index in [4.69, 9.17) is 26.1 Å². The molecule has 0 amide bonds. The minimum absolute atomic E-state index is 0. The van der Waals surface area contributed by atoms with Crippen molar-refractivity contribution < 1.29 is 39.5 Å². The maximum atomic E-state index is 12.2. The molecule has 716 valence electrons. The molecular formula is C120H131ClN8O4P4PdSn. The van der Waals surface area contributed by atoms with Gasteiger partial charge in [-0.2, -0.15) is 0 Å². The van der Waals surface area contributed by atoms with Crippen molar-refractivity contribution in [3.63, 3.8) is 0 Å². The molecule has 12 aromatic carbocycles. The summed E-state index contributed by atoms with van der Waals surface area (Å²) in [6, 6.07) is 142. The van der Waals surface area contributed by atoms with Gasteiger partial charge in [0.2, 0.25) is 5.28 Å². The van der Waals surface area contributed by atoms with E-state index in [1.54, 1.807) is 51.4 Å². The molecule has 2 N–H and O–H groups in total. The molecule has 4 aromatic heterocycles. The van der Waals surface area contributed by atoms with E-state index >= 15 is 0 Å². The number of carbonyl (C=O) groups is 2. The van der Waals surface area contributed by atoms with Gasteiger partial charge in [0.05, 0.1) is 18.9 Å². The first kappa shape index (κ1) is 109. The largest absolute Gasteiger partial charge is 0.464 e. The number of rotatable bonds is 31. The van der Waals surface area contributed by atoms with E-state index in [1.165, 1.54) is 115 Å². The number of hydrogen-bond acceptors (Lipinski definition) is 12. The van der Waals surface area contributed by atoms with Gasteiger partial charge in [-0.05, 0) is 199 Å². The van der Waals surface area contributed by atoms with E-state index < -0.39 is 61.1 Å². The minimum Gasteiger partial charge on any atom is -0.464 e. The van der Waals surface area contributed by atoms with Crippen LogP contribution in [0, 0.1) is 0 Å². The summed E-state index contributed by atoms with van der Waals surface area (Å²) in [4.78, 5) is 51.0. The van der Waals surface area contributed by atoms with Crippen LogP contribution in [0.3, 0.4) is 0 Å². The van der Waals surface area contributed by atoms with Gasteiger partial charge >= 0.3 is 136 Å². The second-order valence-corrected chi connectivity index (χ2v) is 56.9. The third-order valence-electron chi connectivity index (χ3n) is 23.6.